The van der Waals surface area contributed by atoms with Gasteiger partial charge in [-0.25, -0.2) is 15.8 Å². The largest absolute Gasteiger partial charge is 0.376 e. The Balaban J connectivity index is 2.11. The molecular formula is C13H23N5O. The number of nitrogen functional groups attached to an aromatic ring is 1. The van der Waals surface area contributed by atoms with Crippen molar-refractivity contribution in [3.63, 3.8) is 0 Å². The molecule has 1 unspecified atom stereocenters. The Bertz CT molecular complexity index is 406. The zero-order valence-corrected chi connectivity index (χ0v) is 11.7. The molecular weight excluding hydrogens is 242 g/mol. The van der Waals surface area contributed by atoms with Gasteiger partial charge in [0, 0.05) is 25.8 Å². The molecule has 0 aliphatic carbocycles. The number of rotatable bonds is 5. The first-order valence-electron chi connectivity index (χ1n) is 6.89. The summed E-state index contributed by atoms with van der Waals surface area (Å²) < 4.78 is 5.77. The number of likely N-dealkylation sites (N-methyl/N-ethyl adjacent to an activating group) is 1. The summed E-state index contributed by atoms with van der Waals surface area (Å²) in [5.41, 5.74) is 3.68. The minimum absolute atomic E-state index is 0.299. The van der Waals surface area contributed by atoms with Crippen LogP contribution in [0.25, 0.3) is 0 Å². The van der Waals surface area contributed by atoms with E-state index in [1.165, 1.54) is 12.8 Å². The maximum absolute atomic E-state index is 5.77. The van der Waals surface area contributed by atoms with E-state index in [1.54, 1.807) is 6.33 Å². The van der Waals surface area contributed by atoms with E-state index < -0.39 is 0 Å². The lowest BCUT2D eigenvalue weighted by atomic mass is 10.1. The lowest BCUT2D eigenvalue weighted by Gasteiger charge is -2.29. The number of nitrogens with zero attached hydrogens (tertiary/aromatic N) is 3. The van der Waals surface area contributed by atoms with Crippen molar-refractivity contribution in [2.45, 2.75) is 38.7 Å². The number of hydrazine groups is 1. The fourth-order valence-corrected chi connectivity index (χ4v) is 2.53. The van der Waals surface area contributed by atoms with Crippen LogP contribution in [-0.2, 0) is 11.2 Å². The molecule has 0 saturated carbocycles. The molecule has 0 amide bonds. The Kier molecular flexibility index (Phi) is 4.93. The standard InChI is InChI=1S/C13H23N5O/c1-3-11-12(17-14)15-9-16-13(11)18(2)8-10-6-4-5-7-19-10/h9-10H,3-8,14H2,1-2H3,(H,15,16,17). The smallest absolute Gasteiger partial charge is 0.148 e. The van der Waals surface area contributed by atoms with Gasteiger partial charge in [-0.1, -0.05) is 6.92 Å². The van der Waals surface area contributed by atoms with Crippen molar-refractivity contribution in [3.05, 3.63) is 11.9 Å². The average molecular weight is 265 g/mol. The van der Waals surface area contributed by atoms with E-state index in [0.717, 1.165) is 37.4 Å². The van der Waals surface area contributed by atoms with E-state index in [0.29, 0.717) is 11.9 Å². The highest BCUT2D eigenvalue weighted by atomic mass is 16.5. The molecule has 0 bridgehead atoms. The number of anilines is 2. The Morgan fingerprint density at radius 2 is 2.32 bits per heavy atom. The topological polar surface area (TPSA) is 76.3 Å². The first kappa shape index (κ1) is 14.0. The monoisotopic (exact) mass is 265 g/mol. The molecule has 1 saturated heterocycles. The van der Waals surface area contributed by atoms with Crippen molar-refractivity contribution in [2.24, 2.45) is 5.84 Å². The Morgan fingerprint density at radius 3 is 2.95 bits per heavy atom. The van der Waals surface area contributed by atoms with Crippen LogP contribution in [0.4, 0.5) is 11.6 Å². The summed E-state index contributed by atoms with van der Waals surface area (Å²) in [5.74, 6) is 7.12. The SMILES string of the molecule is CCc1c(NN)ncnc1N(C)CC1CCCCO1. The van der Waals surface area contributed by atoms with Crippen LogP contribution in [0.5, 0.6) is 0 Å². The third-order valence-corrected chi connectivity index (χ3v) is 3.53. The highest BCUT2D eigenvalue weighted by Crippen LogP contribution is 2.24. The van der Waals surface area contributed by atoms with Gasteiger partial charge in [0.2, 0.25) is 0 Å². The van der Waals surface area contributed by atoms with E-state index in [4.69, 9.17) is 10.6 Å². The van der Waals surface area contributed by atoms with Crippen LogP contribution in [-0.4, -0.2) is 36.3 Å². The summed E-state index contributed by atoms with van der Waals surface area (Å²) in [4.78, 5) is 10.7. The van der Waals surface area contributed by atoms with Crippen LogP contribution in [0.1, 0.15) is 31.7 Å². The van der Waals surface area contributed by atoms with E-state index in [2.05, 4.69) is 27.2 Å². The van der Waals surface area contributed by atoms with Gasteiger partial charge in [0.15, 0.2) is 0 Å². The van der Waals surface area contributed by atoms with Crippen molar-refractivity contribution in [2.75, 3.05) is 30.5 Å². The maximum atomic E-state index is 5.77. The summed E-state index contributed by atoms with van der Waals surface area (Å²) in [6.07, 6.45) is 6.23. The van der Waals surface area contributed by atoms with E-state index in [9.17, 15) is 0 Å². The first-order valence-corrected chi connectivity index (χ1v) is 6.89. The highest BCUT2D eigenvalue weighted by molar-refractivity contribution is 5.58. The van der Waals surface area contributed by atoms with E-state index in [1.807, 2.05) is 7.05 Å². The van der Waals surface area contributed by atoms with Crippen LogP contribution in [0.2, 0.25) is 0 Å². The van der Waals surface area contributed by atoms with Crippen molar-refractivity contribution in [1.29, 1.82) is 0 Å². The second-order valence-corrected chi connectivity index (χ2v) is 4.89. The molecule has 19 heavy (non-hydrogen) atoms. The quantitative estimate of drug-likeness (QED) is 0.618. The second kappa shape index (κ2) is 6.68. The summed E-state index contributed by atoms with van der Waals surface area (Å²) >= 11 is 0. The van der Waals surface area contributed by atoms with Crippen molar-refractivity contribution in [3.8, 4) is 0 Å². The summed E-state index contributed by atoms with van der Waals surface area (Å²) in [5, 5.41) is 0. The molecule has 3 N–H and O–H groups in total. The number of nitrogens with one attached hydrogen (secondary N) is 1. The molecule has 106 valence electrons. The predicted octanol–water partition coefficient (Wildman–Crippen LogP) is 1.33. The molecule has 1 aromatic rings. The molecule has 6 nitrogen and oxygen atoms in total. The normalized spacial score (nSPS) is 19.2. The molecule has 2 rings (SSSR count). The zero-order chi connectivity index (χ0) is 13.7. The fraction of sp³-hybridized carbons (Fsp3) is 0.692. The van der Waals surface area contributed by atoms with Crippen LogP contribution >= 0.6 is 0 Å². The van der Waals surface area contributed by atoms with Gasteiger partial charge in [-0.15, -0.1) is 0 Å². The molecule has 0 radical (unpaired) electrons. The molecule has 1 atom stereocenters. The van der Waals surface area contributed by atoms with Gasteiger partial charge < -0.3 is 15.1 Å². The Labute approximate surface area is 114 Å². The third-order valence-electron chi connectivity index (χ3n) is 3.53. The van der Waals surface area contributed by atoms with Crippen molar-refractivity contribution < 1.29 is 4.74 Å². The summed E-state index contributed by atoms with van der Waals surface area (Å²) in [6, 6.07) is 0. The lowest BCUT2D eigenvalue weighted by molar-refractivity contribution is 0.0215. The van der Waals surface area contributed by atoms with Gasteiger partial charge in [-0.3, -0.25) is 0 Å². The van der Waals surface area contributed by atoms with Crippen LogP contribution < -0.4 is 16.2 Å². The molecule has 1 fully saturated rings. The average Bonchev–Trinajstić information content (AvgIpc) is 2.47. The lowest BCUT2D eigenvalue weighted by Crippen LogP contribution is -2.34. The number of hydrogen-bond donors (Lipinski definition) is 2. The van der Waals surface area contributed by atoms with Gasteiger partial charge in [-0.2, -0.15) is 0 Å². The second-order valence-electron chi connectivity index (χ2n) is 4.89. The Hall–Kier alpha value is -1.40. The number of aromatic nitrogens is 2. The summed E-state index contributed by atoms with van der Waals surface area (Å²) in [7, 11) is 2.04. The van der Waals surface area contributed by atoms with Gasteiger partial charge >= 0.3 is 0 Å². The van der Waals surface area contributed by atoms with Crippen molar-refractivity contribution >= 4 is 11.6 Å². The summed E-state index contributed by atoms with van der Waals surface area (Å²) in [6.45, 7) is 3.81. The Morgan fingerprint density at radius 1 is 1.47 bits per heavy atom. The molecule has 2 heterocycles. The minimum Gasteiger partial charge on any atom is -0.376 e. The number of ether oxygens (including phenoxy) is 1. The maximum Gasteiger partial charge on any atom is 0.148 e. The van der Waals surface area contributed by atoms with Gasteiger partial charge in [0.05, 0.1) is 6.10 Å². The van der Waals surface area contributed by atoms with Gasteiger partial charge in [0.25, 0.3) is 0 Å². The van der Waals surface area contributed by atoms with E-state index in [-0.39, 0.29) is 0 Å². The zero-order valence-electron chi connectivity index (χ0n) is 11.7. The van der Waals surface area contributed by atoms with Crippen LogP contribution in [0, 0.1) is 0 Å². The highest BCUT2D eigenvalue weighted by Gasteiger charge is 2.19. The molecule has 0 aromatic carbocycles. The van der Waals surface area contributed by atoms with Gasteiger partial charge in [-0.05, 0) is 25.7 Å². The minimum atomic E-state index is 0.299. The van der Waals surface area contributed by atoms with Gasteiger partial charge in [0.1, 0.15) is 18.0 Å². The number of nitrogens with two attached hydrogens (primary N) is 1. The first-order chi connectivity index (χ1) is 9.26. The molecule has 6 heteroatoms. The number of hydrogen-bond acceptors (Lipinski definition) is 6. The van der Waals surface area contributed by atoms with Crippen LogP contribution in [0.3, 0.4) is 0 Å². The van der Waals surface area contributed by atoms with Crippen LogP contribution in [0.15, 0.2) is 6.33 Å². The molecule has 0 spiro atoms. The molecule has 1 aliphatic rings. The van der Waals surface area contributed by atoms with E-state index >= 15 is 0 Å². The molecule has 1 aromatic heterocycles. The van der Waals surface area contributed by atoms with Crippen molar-refractivity contribution in [1.82, 2.24) is 9.97 Å². The predicted molar refractivity (Wildman–Crippen MR) is 76.1 cm³/mol. The fourth-order valence-electron chi connectivity index (χ4n) is 2.53. The third kappa shape index (κ3) is 3.33. The molecule has 1 aliphatic heterocycles.